The SMILES string of the molecule is CCOC(=O)c1ccc2c(c1)[C@@H]1C=CC[C@@H]1[C@@H](c1ccc(C(=O)OC)cc1)N2. The van der Waals surface area contributed by atoms with E-state index >= 15 is 0 Å². The summed E-state index contributed by atoms with van der Waals surface area (Å²) in [5.74, 6) is -0.0189. The van der Waals surface area contributed by atoms with Crippen LogP contribution in [0.1, 0.15) is 57.1 Å². The van der Waals surface area contributed by atoms with Crippen LogP contribution in [0.2, 0.25) is 0 Å². The number of methoxy groups -OCH3 is 1. The van der Waals surface area contributed by atoms with Crippen molar-refractivity contribution in [2.45, 2.75) is 25.3 Å². The summed E-state index contributed by atoms with van der Waals surface area (Å²) in [6.45, 7) is 2.17. The van der Waals surface area contributed by atoms with Crippen LogP contribution < -0.4 is 5.32 Å². The Labute approximate surface area is 164 Å². The van der Waals surface area contributed by atoms with E-state index in [2.05, 4.69) is 17.5 Å². The van der Waals surface area contributed by atoms with Crippen molar-refractivity contribution in [1.82, 2.24) is 0 Å². The molecule has 2 aliphatic rings. The van der Waals surface area contributed by atoms with Crippen LogP contribution >= 0.6 is 0 Å². The largest absolute Gasteiger partial charge is 0.465 e. The third-order valence-corrected chi connectivity index (χ3v) is 5.56. The number of esters is 2. The van der Waals surface area contributed by atoms with Crippen molar-refractivity contribution < 1.29 is 19.1 Å². The molecule has 2 aromatic rings. The number of fused-ring (bicyclic) bond motifs is 3. The van der Waals surface area contributed by atoms with Crippen molar-refractivity contribution in [2.24, 2.45) is 5.92 Å². The number of anilines is 1. The molecule has 1 aliphatic carbocycles. The Morgan fingerprint density at radius 3 is 2.54 bits per heavy atom. The highest BCUT2D eigenvalue weighted by atomic mass is 16.5. The zero-order chi connectivity index (χ0) is 19.7. The molecule has 144 valence electrons. The number of benzene rings is 2. The second kappa shape index (κ2) is 7.50. The Morgan fingerprint density at radius 2 is 1.82 bits per heavy atom. The Morgan fingerprint density at radius 1 is 1.07 bits per heavy atom. The van der Waals surface area contributed by atoms with Gasteiger partial charge in [-0.3, -0.25) is 0 Å². The summed E-state index contributed by atoms with van der Waals surface area (Å²) < 4.78 is 9.93. The topological polar surface area (TPSA) is 64.6 Å². The maximum Gasteiger partial charge on any atom is 0.338 e. The summed E-state index contributed by atoms with van der Waals surface area (Å²) in [7, 11) is 1.38. The minimum Gasteiger partial charge on any atom is -0.465 e. The van der Waals surface area contributed by atoms with Crippen LogP contribution in [0.4, 0.5) is 5.69 Å². The molecule has 2 aromatic carbocycles. The van der Waals surface area contributed by atoms with Gasteiger partial charge in [0.1, 0.15) is 0 Å². The van der Waals surface area contributed by atoms with Crippen molar-refractivity contribution in [1.29, 1.82) is 0 Å². The lowest BCUT2D eigenvalue weighted by atomic mass is 9.76. The van der Waals surface area contributed by atoms with Gasteiger partial charge in [-0.05, 0) is 60.7 Å². The lowest BCUT2D eigenvalue weighted by Crippen LogP contribution is -2.29. The minimum absolute atomic E-state index is 0.132. The van der Waals surface area contributed by atoms with Gasteiger partial charge in [0, 0.05) is 11.6 Å². The minimum atomic E-state index is -0.333. The van der Waals surface area contributed by atoms with Gasteiger partial charge in [-0.2, -0.15) is 0 Å². The molecule has 5 nitrogen and oxygen atoms in total. The molecule has 0 aromatic heterocycles. The fraction of sp³-hybridized carbons (Fsp3) is 0.304. The molecular weight excluding hydrogens is 354 g/mol. The Hall–Kier alpha value is -3.08. The second-order valence-corrected chi connectivity index (χ2v) is 7.11. The molecular formula is C23H23NO4. The molecule has 1 heterocycles. The highest BCUT2D eigenvalue weighted by Crippen LogP contribution is 2.49. The van der Waals surface area contributed by atoms with E-state index in [1.807, 2.05) is 31.2 Å². The molecule has 0 spiro atoms. The number of rotatable bonds is 4. The number of hydrogen-bond acceptors (Lipinski definition) is 5. The lowest BCUT2D eigenvalue weighted by molar-refractivity contribution is 0.0525. The van der Waals surface area contributed by atoms with Crippen LogP contribution in [0.3, 0.4) is 0 Å². The molecule has 4 rings (SSSR count). The van der Waals surface area contributed by atoms with Crippen LogP contribution in [0, 0.1) is 5.92 Å². The fourth-order valence-corrected chi connectivity index (χ4v) is 4.21. The van der Waals surface area contributed by atoms with E-state index in [1.165, 1.54) is 7.11 Å². The third-order valence-electron chi connectivity index (χ3n) is 5.56. The number of hydrogen-bond donors (Lipinski definition) is 1. The Bertz CT molecular complexity index is 932. The standard InChI is InChI=1S/C23H23NO4/c1-3-28-23(26)16-11-12-20-19(13-16)17-5-4-6-18(17)21(24-20)14-7-9-15(10-8-14)22(25)27-2/h4-5,7-13,17-18,21,24H,3,6H2,1-2H3/t17-,18+,21-/m1/s1. The van der Waals surface area contributed by atoms with Gasteiger partial charge in [0.25, 0.3) is 0 Å². The summed E-state index contributed by atoms with van der Waals surface area (Å²) in [4.78, 5) is 23.8. The molecule has 0 amide bonds. The lowest BCUT2D eigenvalue weighted by Gasteiger charge is -2.37. The van der Waals surface area contributed by atoms with Crippen LogP contribution in [0.15, 0.2) is 54.6 Å². The molecule has 28 heavy (non-hydrogen) atoms. The molecule has 0 radical (unpaired) electrons. The molecule has 0 saturated carbocycles. The first-order valence-electron chi connectivity index (χ1n) is 9.55. The molecule has 5 heteroatoms. The van der Waals surface area contributed by atoms with Gasteiger partial charge in [0.2, 0.25) is 0 Å². The predicted octanol–water partition coefficient (Wildman–Crippen LogP) is 4.48. The van der Waals surface area contributed by atoms with Crippen molar-refractivity contribution in [2.75, 3.05) is 19.0 Å². The van der Waals surface area contributed by atoms with E-state index in [9.17, 15) is 9.59 Å². The van der Waals surface area contributed by atoms with Crippen molar-refractivity contribution in [3.63, 3.8) is 0 Å². The van der Waals surface area contributed by atoms with Gasteiger partial charge in [-0.1, -0.05) is 24.3 Å². The zero-order valence-corrected chi connectivity index (χ0v) is 16.0. The molecule has 0 unspecified atom stereocenters. The van der Waals surface area contributed by atoms with E-state index in [4.69, 9.17) is 9.47 Å². The quantitative estimate of drug-likeness (QED) is 0.629. The Balaban J connectivity index is 1.65. The van der Waals surface area contributed by atoms with Crippen LogP contribution in [-0.4, -0.2) is 25.7 Å². The first-order chi connectivity index (χ1) is 13.6. The van der Waals surface area contributed by atoms with Gasteiger partial charge < -0.3 is 14.8 Å². The van der Waals surface area contributed by atoms with Gasteiger partial charge >= 0.3 is 11.9 Å². The molecule has 0 bridgehead atoms. The average Bonchev–Trinajstić information content (AvgIpc) is 3.23. The highest BCUT2D eigenvalue weighted by Gasteiger charge is 2.38. The number of allylic oxidation sites excluding steroid dienone is 2. The van der Waals surface area contributed by atoms with Crippen LogP contribution in [-0.2, 0) is 9.47 Å². The van der Waals surface area contributed by atoms with E-state index in [0.29, 0.717) is 23.7 Å². The summed E-state index contributed by atoms with van der Waals surface area (Å²) in [6, 6.07) is 13.4. The van der Waals surface area contributed by atoms with Crippen molar-refractivity contribution in [3.8, 4) is 0 Å². The van der Waals surface area contributed by atoms with Crippen LogP contribution in [0.25, 0.3) is 0 Å². The first-order valence-corrected chi connectivity index (χ1v) is 9.55. The van der Waals surface area contributed by atoms with Gasteiger partial charge in [-0.15, -0.1) is 0 Å². The third kappa shape index (κ3) is 3.17. The fourth-order valence-electron chi connectivity index (χ4n) is 4.21. The second-order valence-electron chi connectivity index (χ2n) is 7.11. The summed E-state index contributed by atoms with van der Waals surface area (Å²) in [5, 5.41) is 3.64. The number of ether oxygens (including phenoxy) is 2. The average molecular weight is 377 g/mol. The van der Waals surface area contributed by atoms with Gasteiger partial charge in [-0.25, -0.2) is 9.59 Å². The molecule has 0 saturated heterocycles. The van der Waals surface area contributed by atoms with E-state index in [-0.39, 0.29) is 23.9 Å². The van der Waals surface area contributed by atoms with Crippen LogP contribution in [0.5, 0.6) is 0 Å². The summed E-state index contributed by atoms with van der Waals surface area (Å²) in [6.07, 6.45) is 5.40. The summed E-state index contributed by atoms with van der Waals surface area (Å²) in [5.41, 5.74) is 4.42. The molecule has 1 N–H and O–H groups in total. The highest BCUT2D eigenvalue weighted by molar-refractivity contribution is 5.91. The summed E-state index contributed by atoms with van der Waals surface area (Å²) >= 11 is 0. The van der Waals surface area contributed by atoms with E-state index < -0.39 is 0 Å². The smallest absolute Gasteiger partial charge is 0.338 e. The van der Waals surface area contributed by atoms with Crippen molar-refractivity contribution in [3.05, 3.63) is 76.9 Å². The predicted molar refractivity (Wildman–Crippen MR) is 107 cm³/mol. The maximum atomic E-state index is 12.1. The molecule has 3 atom stereocenters. The monoisotopic (exact) mass is 377 g/mol. The normalized spacial score (nSPS) is 22.0. The van der Waals surface area contributed by atoms with E-state index in [0.717, 1.165) is 23.2 Å². The maximum absolute atomic E-state index is 12.1. The Kier molecular flexibility index (Phi) is 4.90. The van der Waals surface area contributed by atoms with Gasteiger partial charge in [0.15, 0.2) is 0 Å². The molecule has 0 fully saturated rings. The number of carbonyl (C=O) groups is 2. The first kappa shape index (κ1) is 18.3. The van der Waals surface area contributed by atoms with Gasteiger partial charge in [0.05, 0.1) is 30.9 Å². The zero-order valence-electron chi connectivity index (χ0n) is 16.0. The number of nitrogens with one attached hydrogen (secondary N) is 1. The van der Waals surface area contributed by atoms with E-state index in [1.54, 1.807) is 18.2 Å². The van der Waals surface area contributed by atoms with Crippen molar-refractivity contribution >= 4 is 17.6 Å². The number of carbonyl (C=O) groups excluding carboxylic acids is 2. The molecule has 1 aliphatic heterocycles.